The molecule has 1 heterocycles. The topological polar surface area (TPSA) is 12.9 Å². The molecule has 0 N–H and O–H groups in total. The summed E-state index contributed by atoms with van der Waals surface area (Å²) < 4.78 is 3.75. The average molecular weight is 439 g/mol. The molecular formula is C21H14BrNSe. The molecule has 0 saturated carbocycles. The third kappa shape index (κ3) is 3.16. The van der Waals surface area contributed by atoms with Crippen molar-refractivity contribution in [1.82, 2.24) is 4.98 Å². The van der Waals surface area contributed by atoms with Crippen LogP contribution in [0.25, 0.3) is 22.0 Å². The number of halogens is 1. The van der Waals surface area contributed by atoms with Crippen LogP contribution >= 0.6 is 15.9 Å². The number of benzene rings is 3. The van der Waals surface area contributed by atoms with Crippen molar-refractivity contribution < 1.29 is 0 Å². The van der Waals surface area contributed by atoms with Crippen LogP contribution in [0.4, 0.5) is 0 Å². The molecule has 0 aliphatic carbocycles. The molecule has 24 heavy (non-hydrogen) atoms. The summed E-state index contributed by atoms with van der Waals surface area (Å²) in [5, 5.41) is 1.20. The first kappa shape index (κ1) is 15.6. The normalized spacial score (nSPS) is 10.9. The first-order valence-electron chi connectivity index (χ1n) is 7.68. The second-order valence-electron chi connectivity index (χ2n) is 5.44. The Morgan fingerprint density at radius 3 is 2.25 bits per heavy atom. The summed E-state index contributed by atoms with van der Waals surface area (Å²) in [6.45, 7) is 0. The molecule has 0 aliphatic rings. The van der Waals surface area contributed by atoms with Crippen molar-refractivity contribution in [3.05, 3.63) is 89.5 Å². The third-order valence-corrected chi connectivity index (χ3v) is 6.50. The zero-order chi connectivity index (χ0) is 16.4. The summed E-state index contributed by atoms with van der Waals surface area (Å²) in [6, 6.07) is 27.6. The maximum atomic E-state index is 4.70. The van der Waals surface area contributed by atoms with Gasteiger partial charge in [-0.3, -0.25) is 0 Å². The van der Waals surface area contributed by atoms with Crippen molar-refractivity contribution >= 4 is 50.7 Å². The summed E-state index contributed by atoms with van der Waals surface area (Å²) in [5.74, 6) is 0. The zero-order valence-corrected chi connectivity index (χ0v) is 16.1. The van der Waals surface area contributed by atoms with Crippen molar-refractivity contribution in [2.24, 2.45) is 0 Å². The quantitative estimate of drug-likeness (QED) is 0.434. The van der Waals surface area contributed by atoms with E-state index in [2.05, 4.69) is 88.7 Å². The Balaban J connectivity index is 1.96. The van der Waals surface area contributed by atoms with Gasteiger partial charge in [-0.1, -0.05) is 0 Å². The Labute approximate surface area is 156 Å². The fourth-order valence-electron chi connectivity index (χ4n) is 2.74. The fourth-order valence-corrected chi connectivity index (χ4v) is 5.16. The molecule has 0 fully saturated rings. The molecule has 0 amide bonds. The fraction of sp³-hybridized carbons (Fsp3) is 0. The van der Waals surface area contributed by atoms with Gasteiger partial charge in [0, 0.05) is 0 Å². The van der Waals surface area contributed by atoms with E-state index in [1.54, 1.807) is 0 Å². The zero-order valence-electron chi connectivity index (χ0n) is 12.8. The van der Waals surface area contributed by atoms with Gasteiger partial charge in [0.25, 0.3) is 0 Å². The molecule has 0 unspecified atom stereocenters. The predicted octanol–water partition coefficient (Wildman–Crippen LogP) is 4.32. The van der Waals surface area contributed by atoms with Crippen molar-refractivity contribution in [1.29, 1.82) is 0 Å². The molecule has 0 atom stereocenters. The number of nitrogens with zero attached hydrogens (tertiary/aromatic N) is 1. The molecule has 116 valence electrons. The minimum atomic E-state index is 0.218. The van der Waals surface area contributed by atoms with E-state index in [9.17, 15) is 0 Å². The van der Waals surface area contributed by atoms with Crippen molar-refractivity contribution in [2.75, 3.05) is 0 Å². The maximum absolute atomic E-state index is 4.70. The van der Waals surface area contributed by atoms with Crippen LogP contribution in [0.1, 0.15) is 0 Å². The standard InChI is InChI=1S/C21H14BrNSe/c22-16-11-12-19-18(13-16)21(15-7-3-1-4-8-15)20(14-23-19)24-17-9-5-2-6-10-17/h1-14H. The summed E-state index contributed by atoms with van der Waals surface area (Å²) in [7, 11) is 0. The first-order valence-corrected chi connectivity index (χ1v) is 10.2. The van der Waals surface area contributed by atoms with Gasteiger partial charge in [0.1, 0.15) is 0 Å². The van der Waals surface area contributed by atoms with Gasteiger partial charge in [-0.15, -0.1) is 0 Å². The Morgan fingerprint density at radius 2 is 1.50 bits per heavy atom. The van der Waals surface area contributed by atoms with Gasteiger partial charge in [0.05, 0.1) is 0 Å². The monoisotopic (exact) mass is 439 g/mol. The van der Waals surface area contributed by atoms with Gasteiger partial charge in [-0.05, 0) is 0 Å². The van der Waals surface area contributed by atoms with E-state index in [-0.39, 0.29) is 15.0 Å². The van der Waals surface area contributed by atoms with Gasteiger partial charge in [0.15, 0.2) is 0 Å². The second-order valence-corrected chi connectivity index (χ2v) is 8.70. The first-order chi connectivity index (χ1) is 11.8. The Kier molecular flexibility index (Phi) is 4.48. The van der Waals surface area contributed by atoms with E-state index in [0.717, 1.165) is 9.99 Å². The summed E-state index contributed by atoms with van der Waals surface area (Å²) >= 11 is 3.83. The molecule has 0 radical (unpaired) electrons. The average Bonchev–Trinajstić information content (AvgIpc) is 2.63. The van der Waals surface area contributed by atoms with Crippen LogP contribution in [0.5, 0.6) is 0 Å². The predicted molar refractivity (Wildman–Crippen MR) is 106 cm³/mol. The van der Waals surface area contributed by atoms with Crippen LogP contribution in [0, 0.1) is 0 Å². The molecule has 0 bridgehead atoms. The van der Waals surface area contributed by atoms with Gasteiger partial charge in [-0.25, -0.2) is 0 Å². The molecule has 0 spiro atoms. The number of aromatic nitrogens is 1. The number of fused-ring (bicyclic) bond motifs is 1. The minimum absolute atomic E-state index is 0.218. The van der Waals surface area contributed by atoms with Crippen LogP contribution in [-0.4, -0.2) is 19.9 Å². The van der Waals surface area contributed by atoms with E-state index in [1.807, 2.05) is 12.3 Å². The van der Waals surface area contributed by atoms with Gasteiger partial charge < -0.3 is 0 Å². The van der Waals surface area contributed by atoms with E-state index >= 15 is 0 Å². The summed E-state index contributed by atoms with van der Waals surface area (Å²) in [5.41, 5.74) is 3.58. The summed E-state index contributed by atoms with van der Waals surface area (Å²) in [4.78, 5) is 4.70. The molecular weight excluding hydrogens is 425 g/mol. The van der Waals surface area contributed by atoms with Crippen molar-refractivity contribution in [3.8, 4) is 11.1 Å². The summed E-state index contributed by atoms with van der Waals surface area (Å²) in [6.07, 6.45) is 2.05. The number of hydrogen-bond donors (Lipinski definition) is 0. The molecule has 0 aliphatic heterocycles. The third-order valence-electron chi connectivity index (χ3n) is 3.83. The van der Waals surface area contributed by atoms with Crippen LogP contribution in [0.3, 0.4) is 0 Å². The van der Waals surface area contributed by atoms with Crippen LogP contribution in [0.2, 0.25) is 0 Å². The van der Waals surface area contributed by atoms with E-state index in [0.29, 0.717) is 0 Å². The van der Waals surface area contributed by atoms with E-state index < -0.39 is 0 Å². The molecule has 0 saturated heterocycles. The van der Waals surface area contributed by atoms with Gasteiger partial charge >= 0.3 is 156 Å². The molecule has 4 rings (SSSR count). The molecule has 4 aromatic rings. The Hall–Kier alpha value is -1.93. The van der Waals surface area contributed by atoms with Gasteiger partial charge in [-0.2, -0.15) is 0 Å². The van der Waals surface area contributed by atoms with Crippen LogP contribution in [0.15, 0.2) is 89.5 Å². The Morgan fingerprint density at radius 1 is 0.792 bits per heavy atom. The molecule has 1 aromatic heterocycles. The SMILES string of the molecule is Brc1ccc2ncc([Se]c3ccccc3)c(-c3ccccc3)c2c1. The van der Waals surface area contributed by atoms with E-state index in [1.165, 1.54) is 25.4 Å². The second kappa shape index (κ2) is 6.90. The van der Waals surface area contributed by atoms with Gasteiger partial charge in [0.2, 0.25) is 0 Å². The molecule has 1 nitrogen and oxygen atoms in total. The van der Waals surface area contributed by atoms with Crippen LogP contribution in [-0.2, 0) is 0 Å². The van der Waals surface area contributed by atoms with Crippen molar-refractivity contribution in [3.63, 3.8) is 0 Å². The van der Waals surface area contributed by atoms with E-state index in [4.69, 9.17) is 4.98 Å². The van der Waals surface area contributed by atoms with Crippen molar-refractivity contribution in [2.45, 2.75) is 0 Å². The number of pyridine rings is 1. The number of hydrogen-bond acceptors (Lipinski definition) is 1. The number of rotatable bonds is 3. The van der Waals surface area contributed by atoms with Crippen LogP contribution < -0.4 is 8.92 Å². The molecule has 3 heteroatoms. The molecule has 3 aromatic carbocycles. The Bertz CT molecular complexity index is 985.